The molecule has 2 rings (SSSR count). The van der Waals surface area contributed by atoms with E-state index in [-0.39, 0.29) is 0 Å². The zero-order valence-corrected chi connectivity index (χ0v) is 10.3. The van der Waals surface area contributed by atoms with E-state index >= 15 is 0 Å². The van der Waals surface area contributed by atoms with Crippen molar-refractivity contribution in [2.45, 2.75) is 13.3 Å². The highest BCUT2D eigenvalue weighted by Crippen LogP contribution is 2.30. The molecule has 0 bridgehead atoms. The molecule has 0 fully saturated rings. The van der Waals surface area contributed by atoms with Crippen LogP contribution in [0.3, 0.4) is 0 Å². The van der Waals surface area contributed by atoms with Gasteiger partial charge in [0.15, 0.2) is 11.6 Å². The molecule has 0 saturated heterocycles. The van der Waals surface area contributed by atoms with Crippen molar-refractivity contribution in [3.63, 3.8) is 0 Å². The largest absolute Gasteiger partial charge is 0.365 e. The first-order valence-corrected chi connectivity index (χ1v) is 5.90. The van der Waals surface area contributed by atoms with Crippen LogP contribution in [0, 0.1) is 11.6 Å². The van der Waals surface area contributed by atoms with E-state index in [4.69, 9.17) is 0 Å². The zero-order chi connectivity index (χ0) is 13.1. The minimum atomic E-state index is -0.798. The lowest BCUT2D eigenvalue weighted by Crippen LogP contribution is -2.26. The van der Waals surface area contributed by atoms with Crippen LogP contribution in [0.25, 0.3) is 0 Å². The number of fused-ring (bicyclic) bond motifs is 1. The molecule has 1 aromatic rings. The molecule has 0 aliphatic carbocycles. The molecule has 1 aliphatic rings. The molecule has 4 heteroatoms. The fourth-order valence-corrected chi connectivity index (χ4v) is 2.09. The normalized spacial score (nSPS) is 14.1. The van der Waals surface area contributed by atoms with Crippen LogP contribution < -0.4 is 10.2 Å². The standard InChI is InChI=1S/C14H16F2N2/c1-3-5-17-10(2)9-18-6-4-11-7-12(15)13(16)8-14(11)18/h3,5,7-8,17H,2,4,6,9H2,1H3/b5-3-. The number of nitrogens with zero attached hydrogens (tertiary/aromatic N) is 1. The van der Waals surface area contributed by atoms with Crippen LogP contribution in [-0.4, -0.2) is 13.1 Å². The second kappa shape index (κ2) is 5.21. The molecule has 0 radical (unpaired) electrons. The van der Waals surface area contributed by atoms with Crippen LogP contribution in [-0.2, 0) is 6.42 Å². The first-order chi connectivity index (χ1) is 8.61. The van der Waals surface area contributed by atoms with Gasteiger partial charge in [-0.1, -0.05) is 12.7 Å². The Bertz CT molecular complexity index is 495. The predicted octanol–water partition coefficient (Wildman–Crippen LogP) is 2.96. The highest BCUT2D eigenvalue weighted by atomic mass is 19.2. The fraction of sp³-hybridized carbons (Fsp3) is 0.286. The molecule has 1 aromatic carbocycles. The summed E-state index contributed by atoms with van der Waals surface area (Å²) in [5.41, 5.74) is 2.44. The maximum atomic E-state index is 13.2. The molecule has 18 heavy (non-hydrogen) atoms. The first kappa shape index (κ1) is 12.6. The molecule has 2 nitrogen and oxygen atoms in total. The highest BCUT2D eigenvalue weighted by molar-refractivity contribution is 5.59. The molecular weight excluding hydrogens is 234 g/mol. The van der Waals surface area contributed by atoms with Crippen LogP contribution in [0.2, 0.25) is 0 Å². The summed E-state index contributed by atoms with van der Waals surface area (Å²) in [5, 5.41) is 3.03. The van der Waals surface area contributed by atoms with Crippen molar-refractivity contribution in [1.29, 1.82) is 0 Å². The average Bonchev–Trinajstić information content (AvgIpc) is 2.70. The summed E-state index contributed by atoms with van der Waals surface area (Å²) in [7, 11) is 0. The molecule has 1 heterocycles. The maximum Gasteiger partial charge on any atom is 0.160 e. The van der Waals surface area contributed by atoms with Crippen molar-refractivity contribution in [2.75, 3.05) is 18.0 Å². The van der Waals surface area contributed by atoms with Gasteiger partial charge in [0.2, 0.25) is 0 Å². The van der Waals surface area contributed by atoms with Crippen molar-refractivity contribution in [3.05, 3.63) is 53.9 Å². The van der Waals surface area contributed by atoms with Gasteiger partial charge in [0.25, 0.3) is 0 Å². The summed E-state index contributed by atoms with van der Waals surface area (Å²) in [5.74, 6) is -1.57. The number of anilines is 1. The lowest BCUT2D eigenvalue weighted by Gasteiger charge is -2.20. The van der Waals surface area contributed by atoms with E-state index in [9.17, 15) is 8.78 Å². The molecule has 0 aromatic heterocycles. The van der Waals surface area contributed by atoms with Gasteiger partial charge in [-0.25, -0.2) is 8.78 Å². The lowest BCUT2D eigenvalue weighted by atomic mass is 10.1. The molecule has 0 unspecified atom stereocenters. The van der Waals surface area contributed by atoms with E-state index in [1.54, 1.807) is 6.20 Å². The van der Waals surface area contributed by atoms with Gasteiger partial charge >= 0.3 is 0 Å². The quantitative estimate of drug-likeness (QED) is 0.883. The van der Waals surface area contributed by atoms with Gasteiger partial charge in [-0.15, -0.1) is 0 Å². The van der Waals surface area contributed by atoms with E-state index in [2.05, 4.69) is 11.9 Å². The van der Waals surface area contributed by atoms with Gasteiger partial charge in [0, 0.05) is 24.0 Å². The van der Waals surface area contributed by atoms with E-state index in [0.29, 0.717) is 6.54 Å². The van der Waals surface area contributed by atoms with Gasteiger partial charge in [0.05, 0.1) is 6.54 Å². The van der Waals surface area contributed by atoms with Crippen molar-refractivity contribution in [3.8, 4) is 0 Å². The summed E-state index contributed by atoms with van der Waals surface area (Å²) in [6.07, 6.45) is 4.41. The van der Waals surface area contributed by atoms with Crippen molar-refractivity contribution in [2.24, 2.45) is 0 Å². The summed E-state index contributed by atoms with van der Waals surface area (Å²) in [6, 6.07) is 2.55. The Morgan fingerprint density at radius 2 is 2.17 bits per heavy atom. The topological polar surface area (TPSA) is 15.3 Å². The number of hydrogen-bond acceptors (Lipinski definition) is 2. The molecule has 1 aliphatic heterocycles. The van der Waals surface area contributed by atoms with Crippen LogP contribution in [0.15, 0.2) is 36.7 Å². The molecule has 0 amide bonds. The highest BCUT2D eigenvalue weighted by Gasteiger charge is 2.21. The smallest absolute Gasteiger partial charge is 0.160 e. The average molecular weight is 250 g/mol. The number of allylic oxidation sites excluding steroid dienone is 1. The van der Waals surface area contributed by atoms with E-state index in [1.165, 1.54) is 12.1 Å². The summed E-state index contributed by atoms with van der Waals surface area (Å²) in [6.45, 7) is 7.15. The Hall–Kier alpha value is -1.84. The van der Waals surface area contributed by atoms with Gasteiger partial charge in [-0.3, -0.25) is 0 Å². The Labute approximate surface area is 106 Å². The molecule has 96 valence electrons. The number of hydrogen-bond donors (Lipinski definition) is 1. The van der Waals surface area contributed by atoms with E-state index < -0.39 is 11.6 Å². The monoisotopic (exact) mass is 250 g/mol. The minimum absolute atomic E-state index is 0.586. The third kappa shape index (κ3) is 2.53. The third-order valence-corrected chi connectivity index (χ3v) is 2.95. The van der Waals surface area contributed by atoms with Gasteiger partial charge in [-0.2, -0.15) is 0 Å². The molecule has 0 spiro atoms. The van der Waals surface area contributed by atoms with Gasteiger partial charge in [-0.05, 0) is 31.2 Å². The Balaban J connectivity index is 2.12. The van der Waals surface area contributed by atoms with Crippen molar-refractivity contribution >= 4 is 5.69 Å². The van der Waals surface area contributed by atoms with Crippen LogP contribution in [0.1, 0.15) is 12.5 Å². The van der Waals surface area contributed by atoms with Crippen molar-refractivity contribution < 1.29 is 8.78 Å². The second-order valence-electron chi connectivity index (χ2n) is 4.31. The number of rotatable bonds is 4. The Kier molecular flexibility index (Phi) is 3.65. The van der Waals surface area contributed by atoms with E-state index in [1.807, 2.05) is 17.9 Å². The SMILES string of the molecule is C=C(CN1CCc2cc(F)c(F)cc21)N/C=C\C. The second-order valence-corrected chi connectivity index (χ2v) is 4.31. The molecule has 0 saturated carbocycles. The third-order valence-electron chi connectivity index (χ3n) is 2.95. The number of benzene rings is 1. The minimum Gasteiger partial charge on any atom is -0.365 e. The molecular formula is C14H16F2N2. The summed E-state index contributed by atoms with van der Waals surface area (Å²) in [4.78, 5) is 2.00. The molecule has 0 atom stereocenters. The Morgan fingerprint density at radius 1 is 1.44 bits per heavy atom. The maximum absolute atomic E-state index is 13.2. The molecule has 1 N–H and O–H groups in total. The predicted molar refractivity (Wildman–Crippen MR) is 69.4 cm³/mol. The zero-order valence-electron chi connectivity index (χ0n) is 10.3. The first-order valence-electron chi connectivity index (χ1n) is 5.90. The number of nitrogens with one attached hydrogen (secondary N) is 1. The van der Waals surface area contributed by atoms with E-state index in [0.717, 1.165) is 29.9 Å². The van der Waals surface area contributed by atoms with Crippen molar-refractivity contribution in [1.82, 2.24) is 5.32 Å². The number of halogens is 2. The van der Waals surface area contributed by atoms with Crippen LogP contribution in [0.5, 0.6) is 0 Å². The van der Waals surface area contributed by atoms with Crippen LogP contribution >= 0.6 is 0 Å². The Morgan fingerprint density at radius 3 is 2.89 bits per heavy atom. The summed E-state index contributed by atoms with van der Waals surface area (Å²) >= 11 is 0. The van der Waals surface area contributed by atoms with Crippen LogP contribution in [0.4, 0.5) is 14.5 Å². The lowest BCUT2D eigenvalue weighted by molar-refractivity contribution is 0.508. The summed E-state index contributed by atoms with van der Waals surface area (Å²) < 4.78 is 26.3. The van der Waals surface area contributed by atoms with Gasteiger partial charge < -0.3 is 10.2 Å². The van der Waals surface area contributed by atoms with Gasteiger partial charge in [0.1, 0.15) is 0 Å². The fourth-order valence-electron chi connectivity index (χ4n) is 2.09.